The van der Waals surface area contributed by atoms with Gasteiger partial charge in [-0.25, -0.2) is 4.79 Å². The lowest BCUT2D eigenvalue weighted by molar-refractivity contribution is -0.523. The summed E-state index contributed by atoms with van der Waals surface area (Å²) in [7, 11) is 0. The number of furan rings is 1. The van der Waals surface area contributed by atoms with Crippen molar-refractivity contribution >= 4 is 6.09 Å². The molecule has 0 radical (unpaired) electrons. The fraction of sp³-hybridized carbons (Fsp3) is 0.583. The molecular weight excluding hydrogens is 252 g/mol. The maximum atomic E-state index is 11.7. The zero-order chi connectivity index (χ0) is 14.6. The Labute approximate surface area is 111 Å². The molecule has 7 heteroatoms. The Morgan fingerprint density at radius 2 is 2.16 bits per heavy atom. The van der Waals surface area contributed by atoms with E-state index in [2.05, 4.69) is 5.32 Å². The smallest absolute Gasteiger partial charge is 0.408 e. The van der Waals surface area contributed by atoms with Crippen LogP contribution in [0.1, 0.15) is 39.5 Å². The quantitative estimate of drug-likeness (QED) is 0.670. The standard InChI is InChI=1S/C12H18N2O5/c1-8(14(16)17)10(9-6-5-7-18-9)13-11(15)19-12(2,3)4/h5-8,10H,1-4H3,(H,13,15)/t8-,10+/m1/s1. The molecule has 0 saturated heterocycles. The molecule has 0 aromatic carbocycles. The topological polar surface area (TPSA) is 94.6 Å². The van der Waals surface area contributed by atoms with Crippen LogP contribution in [0.5, 0.6) is 0 Å². The Morgan fingerprint density at radius 1 is 1.53 bits per heavy atom. The Kier molecular flexibility index (Phi) is 4.52. The van der Waals surface area contributed by atoms with E-state index in [1.807, 2.05) is 0 Å². The molecule has 106 valence electrons. The summed E-state index contributed by atoms with van der Waals surface area (Å²) in [5.74, 6) is 0.315. The van der Waals surface area contributed by atoms with Crippen LogP contribution in [0.3, 0.4) is 0 Å². The molecule has 0 unspecified atom stereocenters. The molecule has 1 aromatic rings. The summed E-state index contributed by atoms with van der Waals surface area (Å²) in [6.07, 6.45) is 0.675. The van der Waals surface area contributed by atoms with Crippen molar-refractivity contribution in [2.24, 2.45) is 0 Å². The molecule has 1 rings (SSSR count). The molecule has 0 fully saturated rings. The maximum absolute atomic E-state index is 11.7. The first-order valence-corrected chi connectivity index (χ1v) is 5.87. The van der Waals surface area contributed by atoms with Crippen molar-refractivity contribution in [2.45, 2.75) is 45.4 Å². The number of nitrogens with zero attached hydrogens (tertiary/aromatic N) is 1. The first kappa shape index (κ1) is 15.0. The van der Waals surface area contributed by atoms with E-state index in [0.717, 1.165) is 0 Å². The SMILES string of the molecule is C[C@H]([C@H](NC(=O)OC(C)(C)C)c1ccco1)[N+](=O)[O-]. The van der Waals surface area contributed by atoms with E-state index in [1.54, 1.807) is 32.9 Å². The van der Waals surface area contributed by atoms with Crippen LogP contribution in [0, 0.1) is 10.1 Å². The number of nitro groups is 1. The molecule has 0 saturated carbocycles. The number of ether oxygens (including phenoxy) is 1. The predicted molar refractivity (Wildman–Crippen MR) is 67.3 cm³/mol. The third kappa shape index (κ3) is 4.61. The Morgan fingerprint density at radius 3 is 2.58 bits per heavy atom. The molecule has 2 atom stereocenters. The minimum absolute atomic E-state index is 0.315. The van der Waals surface area contributed by atoms with Crippen LogP contribution in [0.25, 0.3) is 0 Å². The van der Waals surface area contributed by atoms with Gasteiger partial charge in [-0.05, 0) is 32.9 Å². The number of nitrogens with one attached hydrogen (secondary N) is 1. The van der Waals surface area contributed by atoms with Gasteiger partial charge in [-0.15, -0.1) is 0 Å². The van der Waals surface area contributed by atoms with Gasteiger partial charge in [-0.3, -0.25) is 10.1 Å². The van der Waals surface area contributed by atoms with Gasteiger partial charge in [0.15, 0.2) is 6.04 Å². The molecule has 0 bridgehead atoms. The number of hydrogen-bond acceptors (Lipinski definition) is 5. The molecule has 7 nitrogen and oxygen atoms in total. The molecule has 0 aliphatic heterocycles. The van der Waals surface area contributed by atoms with E-state index in [1.165, 1.54) is 13.2 Å². The zero-order valence-electron chi connectivity index (χ0n) is 11.4. The summed E-state index contributed by atoms with van der Waals surface area (Å²) >= 11 is 0. The molecule has 1 amide bonds. The molecule has 0 aliphatic carbocycles. The molecule has 0 spiro atoms. The van der Waals surface area contributed by atoms with Crippen molar-refractivity contribution in [3.05, 3.63) is 34.3 Å². The molecule has 0 aliphatic rings. The highest BCUT2D eigenvalue weighted by Crippen LogP contribution is 2.20. The van der Waals surface area contributed by atoms with Gasteiger partial charge in [0, 0.05) is 11.8 Å². The van der Waals surface area contributed by atoms with Gasteiger partial charge in [0.25, 0.3) is 0 Å². The Hall–Kier alpha value is -2.05. The fourth-order valence-corrected chi connectivity index (χ4v) is 1.45. The van der Waals surface area contributed by atoms with Crippen LogP contribution in [0.15, 0.2) is 22.8 Å². The molecule has 1 aromatic heterocycles. The first-order valence-electron chi connectivity index (χ1n) is 5.87. The van der Waals surface area contributed by atoms with Crippen LogP contribution in [-0.2, 0) is 4.74 Å². The average Bonchev–Trinajstić information content (AvgIpc) is 2.75. The third-order valence-electron chi connectivity index (χ3n) is 2.34. The number of hydrogen-bond donors (Lipinski definition) is 1. The highest BCUT2D eigenvalue weighted by atomic mass is 16.6. The molecule has 1 heterocycles. The summed E-state index contributed by atoms with van der Waals surface area (Å²) in [6.45, 7) is 6.53. The molecule has 19 heavy (non-hydrogen) atoms. The lowest BCUT2D eigenvalue weighted by Crippen LogP contribution is -2.41. The predicted octanol–water partition coefficient (Wildman–Crippen LogP) is 2.51. The normalized spacial score (nSPS) is 14.5. The number of rotatable bonds is 4. The summed E-state index contributed by atoms with van der Waals surface area (Å²) < 4.78 is 10.2. The second-order valence-electron chi connectivity index (χ2n) is 5.17. The van der Waals surface area contributed by atoms with E-state index in [9.17, 15) is 14.9 Å². The van der Waals surface area contributed by atoms with Crippen molar-refractivity contribution in [3.8, 4) is 0 Å². The summed E-state index contributed by atoms with van der Waals surface area (Å²) in [5.41, 5.74) is -0.671. The second kappa shape index (κ2) is 5.73. The van der Waals surface area contributed by atoms with Gasteiger partial charge < -0.3 is 14.5 Å². The van der Waals surface area contributed by atoms with Crippen LogP contribution >= 0.6 is 0 Å². The average molecular weight is 270 g/mol. The van der Waals surface area contributed by atoms with Crippen molar-refractivity contribution in [2.75, 3.05) is 0 Å². The lowest BCUT2D eigenvalue weighted by Gasteiger charge is -2.23. The third-order valence-corrected chi connectivity index (χ3v) is 2.34. The number of carbonyl (C=O) groups excluding carboxylic acids is 1. The highest BCUT2D eigenvalue weighted by molar-refractivity contribution is 5.68. The van der Waals surface area contributed by atoms with Gasteiger partial charge in [-0.1, -0.05) is 0 Å². The fourth-order valence-electron chi connectivity index (χ4n) is 1.45. The maximum Gasteiger partial charge on any atom is 0.408 e. The summed E-state index contributed by atoms with van der Waals surface area (Å²) in [4.78, 5) is 22.1. The van der Waals surface area contributed by atoms with Crippen molar-refractivity contribution < 1.29 is 18.9 Å². The summed E-state index contributed by atoms with van der Waals surface area (Å²) in [6, 6.07) is 1.27. The summed E-state index contributed by atoms with van der Waals surface area (Å²) in [5, 5.41) is 13.3. The first-order chi connectivity index (χ1) is 8.70. The van der Waals surface area contributed by atoms with Crippen LogP contribution in [-0.4, -0.2) is 22.7 Å². The van der Waals surface area contributed by atoms with E-state index < -0.39 is 28.7 Å². The number of amides is 1. The van der Waals surface area contributed by atoms with E-state index >= 15 is 0 Å². The minimum atomic E-state index is -1.03. The number of carbonyl (C=O) groups is 1. The Balaban J connectivity index is 2.82. The van der Waals surface area contributed by atoms with E-state index in [4.69, 9.17) is 9.15 Å². The zero-order valence-corrected chi connectivity index (χ0v) is 11.4. The highest BCUT2D eigenvalue weighted by Gasteiger charge is 2.33. The molecule has 1 N–H and O–H groups in total. The van der Waals surface area contributed by atoms with Crippen LogP contribution in [0.2, 0.25) is 0 Å². The van der Waals surface area contributed by atoms with Crippen molar-refractivity contribution in [1.29, 1.82) is 0 Å². The second-order valence-corrected chi connectivity index (χ2v) is 5.17. The van der Waals surface area contributed by atoms with Gasteiger partial charge in [0.05, 0.1) is 6.26 Å². The number of alkyl carbamates (subject to hydrolysis) is 1. The van der Waals surface area contributed by atoms with Crippen molar-refractivity contribution in [1.82, 2.24) is 5.32 Å². The van der Waals surface area contributed by atoms with Crippen LogP contribution < -0.4 is 5.32 Å². The van der Waals surface area contributed by atoms with E-state index in [0.29, 0.717) is 5.76 Å². The van der Waals surface area contributed by atoms with E-state index in [-0.39, 0.29) is 0 Å². The van der Waals surface area contributed by atoms with Gasteiger partial charge in [0.1, 0.15) is 11.4 Å². The van der Waals surface area contributed by atoms with Gasteiger partial charge >= 0.3 is 6.09 Å². The Bertz CT molecular complexity index is 435. The lowest BCUT2D eigenvalue weighted by atomic mass is 10.1. The van der Waals surface area contributed by atoms with Gasteiger partial charge in [0.2, 0.25) is 6.04 Å². The minimum Gasteiger partial charge on any atom is -0.467 e. The van der Waals surface area contributed by atoms with Crippen LogP contribution in [0.4, 0.5) is 4.79 Å². The molecular formula is C12H18N2O5. The largest absolute Gasteiger partial charge is 0.467 e. The van der Waals surface area contributed by atoms with Crippen molar-refractivity contribution in [3.63, 3.8) is 0 Å². The monoisotopic (exact) mass is 270 g/mol. The van der Waals surface area contributed by atoms with Gasteiger partial charge in [-0.2, -0.15) is 0 Å².